The Balaban J connectivity index is 1.79. The van der Waals surface area contributed by atoms with Gasteiger partial charge in [0.15, 0.2) is 6.61 Å². The summed E-state index contributed by atoms with van der Waals surface area (Å²) in [5.74, 6) is 0.390. The zero-order valence-electron chi connectivity index (χ0n) is 12.3. The van der Waals surface area contributed by atoms with Crippen LogP contribution in [0.15, 0.2) is 58.1 Å². The summed E-state index contributed by atoms with van der Waals surface area (Å²) in [6, 6.07) is 15.3. The van der Waals surface area contributed by atoms with Crippen LogP contribution in [-0.2, 0) is 11.2 Å². The average Bonchev–Trinajstić information content (AvgIpc) is 2.55. The molecule has 0 heterocycles. The molecule has 22 heavy (non-hydrogen) atoms. The molecule has 0 aliphatic carbocycles. The van der Waals surface area contributed by atoms with Gasteiger partial charge in [0.1, 0.15) is 5.75 Å². The molecule has 0 atom stereocenters. The van der Waals surface area contributed by atoms with Gasteiger partial charge in [-0.25, -0.2) is 5.43 Å². The first-order valence-corrected chi connectivity index (χ1v) is 7.76. The minimum Gasteiger partial charge on any atom is -0.484 e. The number of ether oxygens (including phenoxy) is 1. The van der Waals surface area contributed by atoms with E-state index in [0.717, 1.165) is 16.5 Å². The van der Waals surface area contributed by atoms with Gasteiger partial charge in [-0.1, -0.05) is 47.1 Å². The van der Waals surface area contributed by atoms with Crippen LogP contribution in [0.1, 0.15) is 18.1 Å². The number of aryl methyl sites for hydroxylation is 1. The molecule has 0 fully saturated rings. The van der Waals surface area contributed by atoms with Gasteiger partial charge in [0, 0.05) is 4.47 Å². The highest BCUT2D eigenvalue weighted by Gasteiger charge is 2.01. The molecule has 5 heteroatoms. The van der Waals surface area contributed by atoms with E-state index < -0.39 is 0 Å². The molecule has 0 saturated carbocycles. The summed E-state index contributed by atoms with van der Waals surface area (Å²) < 4.78 is 6.43. The third kappa shape index (κ3) is 5.33. The molecule has 0 spiro atoms. The van der Waals surface area contributed by atoms with E-state index in [1.165, 1.54) is 5.56 Å². The van der Waals surface area contributed by atoms with Crippen molar-refractivity contribution in [3.8, 4) is 5.75 Å². The predicted molar refractivity (Wildman–Crippen MR) is 91.2 cm³/mol. The average molecular weight is 361 g/mol. The zero-order valence-corrected chi connectivity index (χ0v) is 13.8. The number of nitrogens with one attached hydrogen (secondary N) is 1. The standard InChI is InChI=1S/C17H17BrN2O2/c1-2-13-4-3-5-16(10-13)22-12-17(21)20-19-11-14-6-8-15(18)9-7-14/h3-11H,2,12H2,1H3,(H,20,21)/b19-11+. The fourth-order valence-electron chi connectivity index (χ4n) is 1.76. The van der Waals surface area contributed by atoms with Crippen LogP contribution in [0.25, 0.3) is 0 Å². The number of hydrazone groups is 1. The van der Waals surface area contributed by atoms with E-state index >= 15 is 0 Å². The monoisotopic (exact) mass is 360 g/mol. The molecule has 0 radical (unpaired) electrons. The number of carbonyl (C=O) groups is 1. The molecule has 0 aliphatic rings. The lowest BCUT2D eigenvalue weighted by Crippen LogP contribution is -2.24. The number of hydrogen-bond donors (Lipinski definition) is 1. The van der Waals surface area contributed by atoms with Gasteiger partial charge >= 0.3 is 0 Å². The van der Waals surface area contributed by atoms with Gasteiger partial charge in [0.25, 0.3) is 5.91 Å². The third-order valence-electron chi connectivity index (χ3n) is 2.95. The van der Waals surface area contributed by atoms with Gasteiger partial charge < -0.3 is 4.74 Å². The summed E-state index contributed by atoms with van der Waals surface area (Å²) in [5, 5.41) is 3.90. The minimum absolute atomic E-state index is 0.0646. The number of rotatable bonds is 6. The first-order valence-electron chi connectivity index (χ1n) is 6.96. The number of nitrogens with zero attached hydrogens (tertiary/aromatic N) is 1. The number of benzene rings is 2. The Kier molecular flexibility index (Phi) is 6.15. The fourth-order valence-corrected chi connectivity index (χ4v) is 2.03. The smallest absolute Gasteiger partial charge is 0.277 e. The molecule has 0 aromatic heterocycles. The van der Waals surface area contributed by atoms with Gasteiger partial charge in [-0.05, 0) is 41.8 Å². The second kappa shape index (κ2) is 8.34. The Hall–Kier alpha value is -2.14. The second-order valence-corrected chi connectivity index (χ2v) is 5.55. The molecular formula is C17H17BrN2O2. The van der Waals surface area contributed by atoms with Crippen LogP contribution in [0.3, 0.4) is 0 Å². The van der Waals surface area contributed by atoms with E-state index in [2.05, 4.69) is 33.4 Å². The number of carbonyl (C=O) groups excluding carboxylic acids is 1. The SMILES string of the molecule is CCc1cccc(OCC(=O)N/N=C/c2ccc(Br)cc2)c1. The highest BCUT2D eigenvalue weighted by atomic mass is 79.9. The van der Waals surface area contributed by atoms with Crippen LogP contribution in [0.5, 0.6) is 5.75 Å². The molecule has 0 saturated heterocycles. The lowest BCUT2D eigenvalue weighted by molar-refractivity contribution is -0.123. The van der Waals surface area contributed by atoms with Crippen LogP contribution >= 0.6 is 15.9 Å². The first kappa shape index (κ1) is 16.2. The number of hydrogen-bond acceptors (Lipinski definition) is 3. The quantitative estimate of drug-likeness (QED) is 0.632. The van der Waals surface area contributed by atoms with Crippen LogP contribution in [0.4, 0.5) is 0 Å². The normalized spacial score (nSPS) is 10.6. The Morgan fingerprint density at radius 1 is 1.27 bits per heavy atom. The predicted octanol–water partition coefficient (Wildman–Crippen LogP) is 3.54. The molecular weight excluding hydrogens is 344 g/mol. The molecule has 114 valence electrons. The minimum atomic E-state index is -0.296. The van der Waals surface area contributed by atoms with Gasteiger partial charge in [-0.3, -0.25) is 4.79 Å². The molecule has 2 aromatic carbocycles. The molecule has 4 nitrogen and oxygen atoms in total. The van der Waals surface area contributed by atoms with E-state index in [4.69, 9.17) is 4.74 Å². The number of halogens is 1. The third-order valence-corrected chi connectivity index (χ3v) is 3.48. The molecule has 2 aromatic rings. The van der Waals surface area contributed by atoms with Crippen LogP contribution < -0.4 is 10.2 Å². The van der Waals surface area contributed by atoms with E-state index in [0.29, 0.717) is 5.75 Å². The van der Waals surface area contributed by atoms with Gasteiger partial charge in [-0.15, -0.1) is 0 Å². The Morgan fingerprint density at radius 2 is 2.05 bits per heavy atom. The Labute approximate surface area is 138 Å². The van der Waals surface area contributed by atoms with E-state index in [9.17, 15) is 4.79 Å². The Morgan fingerprint density at radius 3 is 2.77 bits per heavy atom. The van der Waals surface area contributed by atoms with Crippen LogP contribution in [-0.4, -0.2) is 18.7 Å². The van der Waals surface area contributed by atoms with Gasteiger partial charge in [0.2, 0.25) is 0 Å². The van der Waals surface area contributed by atoms with Gasteiger partial charge in [0.05, 0.1) is 6.21 Å². The highest BCUT2D eigenvalue weighted by molar-refractivity contribution is 9.10. The highest BCUT2D eigenvalue weighted by Crippen LogP contribution is 2.13. The van der Waals surface area contributed by atoms with Crippen molar-refractivity contribution in [2.75, 3.05) is 6.61 Å². The largest absolute Gasteiger partial charge is 0.484 e. The van der Waals surface area contributed by atoms with Crippen molar-refractivity contribution in [1.82, 2.24) is 5.43 Å². The lowest BCUT2D eigenvalue weighted by Gasteiger charge is -2.06. The second-order valence-electron chi connectivity index (χ2n) is 4.63. The van der Waals surface area contributed by atoms with Crippen LogP contribution in [0, 0.1) is 0 Å². The van der Waals surface area contributed by atoms with Crippen molar-refractivity contribution in [1.29, 1.82) is 0 Å². The van der Waals surface area contributed by atoms with Crippen molar-refractivity contribution in [2.45, 2.75) is 13.3 Å². The van der Waals surface area contributed by atoms with Crippen molar-refractivity contribution >= 4 is 28.1 Å². The van der Waals surface area contributed by atoms with Crippen molar-refractivity contribution in [2.24, 2.45) is 5.10 Å². The topological polar surface area (TPSA) is 50.7 Å². The van der Waals surface area contributed by atoms with Crippen molar-refractivity contribution in [3.63, 3.8) is 0 Å². The van der Waals surface area contributed by atoms with Gasteiger partial charge in [-0.2, -0.15) is 5.10 Å². The summed E-state index contributed by atoms with van der Waals surface area (Å²) in [7, 11) is 0. The molecule has 1 amide bonds. The van der Waals surface area contributed by atoms with E-state index in [1.54, 1.807) is 6.21 Å². The summed E-state index contributed by atoms with van der Waals surface area (Å²) in [5.41, 5.74) is 4.51. The molecule has 0 bridgehead atoms. The molecule has 2 rings (SSSR count). The first-order chi connectivity index (χ1) is 10.7. The summed E-state index contributed by atoms with van der Waals surface area (Å²) in [4.78, 5) is 11.7. The zero-order chi connectivity index (χ0) is 15.8. The molecule has 1 N–H and O–H groups in total. The summed E-state index contributed by atoms with van der Waals surface area (Å²) >= 11 is 3.36. The van der Waals surface area contributed by atoms with Crippen molar-refractivity contribution < 1.29 is 9.53 Å². The maximum atomic E-state index is 11.7. The summed E-state index contributed by atoms with van der Waals surface area (Å²) in [6.07, 6.45) is 2.52. The maximum absolute atomic E-state index is 11.7. The fraction of sp³-hybridized carbons (Fsp3) is 0.176. The lowest BCUT2D eigenvalue weighted by atomic mass is 10.2. The summed E-state index contributed by atoms with van der Waals surface area (Å²) in [6.45, 7) is 2.01. The van der Waals surface area contributed by atoms with Crippen molar-refractivity contribution in [3.05, 3.63) is 64.1 Å². The number of amides is 1. The Bertz CT molecular complexity index is 654. The molecule has 0 aliphatic heterocycles. The molecule has 0 unspecified atom stereocenters. The van der Waals surface area contributed by atoms with Crippen LogP contribution in [0.2, 0.25) is 0 Å². The van der Waals surface area contributed by atoms with E-state index in [1.807, 2.05) is 48.5 Å². The van der Waals surface area contributed by atoms with E-state index in [-0.39, 0.29) is 12.5 Å². The maximum Gasteiger partial charge on any atom is 0.277 e.